The molecule has 0 aromatic heterocycles. The molecular weight excluding hydrogens is 222 g/mol. The van der Waals surface area contributed by atoms with Gasteiger partial charge < -0.3 is 5.32 Å². The Bertz CT molecular complexity index is 604. The third-order valence-corrected chi connectivity index (χ3v) is 3.43. The number of fused-ring (bicyclic) bond motifs is 1. The van der Waals surface area contributed by atoms with Crippen LogP contribution in [0.15, 0.2) is 48.5 Å². The molecule has 1 aliphatic heterocycles. The second-order valence-corrected chi connectivity index (χ2v) is 4.82. The molecule has 0 aliphatic carbocycles. The smallest absolute Gasteiger partial charge is 0.232 e. The number of para-hydroxylation sites is 1. The van der Waals surface area contributed by atoms with Gasteiger partial charge in [0.25, 0.3) is 0 Å². The number of anilines is 1. The molecule has 0 fully saturated rings. The minimum atomic E-state index is -0.0528. The zero-order valence-electron chi connectivity index (χ0n) is 10.3. The summed E-state index contributed by atoms with van der Waals surface area (Å²) in [5.74, 6) is 0.0562. The molecule has 2 aromatic carbocycles. The fraction of sp³-hybridized carbons (Fsp3) is 0.188. The maximum Gasteiger partial charge on any atom is 0.232 e. The summed E-state index contributed by atoms with van der Waals surface area (Å²) in [6, 6.07) is 16.3. The van der Waals surface area contributed by atoms with Gasteiger partial charge in [0.1, 0.15) is 0 Å². The molecule has 0 radical (unpaired) electrons. The number of rotatable bonds is 2. The lowest BCUT2D eigenvalue weighted by Gasteiger charge is -2.09. The summed E-state index contributed by atoms with van der Waals surface area (Å²) in [5.41, 5.74) is 4.52. The Hall–Kier alpha value is -2.09. The third kappa shape index (κ3) is 1.90. The molecule has 1 heterocycles. The van der Waals surface area contributed by atoms with Crippen LogP contribution in [0.4, 0.5) is 5.69 Å². The largest absolute Gasteiger partial charge is 0.325 e. The van der Waals surface area contributed by atoms with Crippen molar-refractivity contribution in [3.63, 3.8) is 0 Å². The number of hydrogen-bond donors (Lipinski definition) is 1. The molecular formula is C16H15NO. The van der Waals surface area contributed by atoms with E-state index in [0.29, 0.717) is 0 Å². The summed E-state index contributed by atoms with van der Waals surface area (Å²) in [6.07, 6.45) is 0.768. The van der Waals surface area contributed by atoms with Crippen LogP contribution in [0.2, 0.25) is 0 Å². The molecule has 1 atom stereocenters. The van der Waals surface area contributed by atoms with Gasteiger partial charge in [-0.2, -0.15) is 0 Å². The van der Waals surface area contributed by atoms with Crippen molar-refractivity contribution < 1.29 is 4.79 Å². The molecule has 0 spiro atoms. The van der Waals surface area contributed by atoms with Crippen LogP contribution in [-0.2, 0) is 11.2 Å². The van der Waals surface area contributed by atoms with E-state index in [0.717, 1.165) is 17.7 Å². The number of aryl methyl sites for hydroxylation is 1. The van der Waals surface area contributed by atoms with Crippen molar-refractivity contribution in [2.75, 3.05) is 5.32 Å². The molecule has 2 nitrogen and oxygen atoms in total. The lowest BCUT2D eigenvalue weighted by Crippen LogP contribution is -2.14. The van der Waals surface area contributed by atoms with E-state index < -0.39 is 0 Å². The van der Waals surface area contributed by atoms with Gasteiger partial charge >= 0.3 is 0 Å². The van der Waals surface area contributed by atoms with Crippen molar-refractivity contribution in [1.29, 1.82) is 0 Å². The van der Waals surface area contributed by atoms with Gasteiger partial charge in [0, 0.05) is 5.69 Å². The van der Waals surface area contributed by atoms with Crippen molar-refractivity contribution in [2.24, 2.45) is 0 Å². The second kappa shape index (κ2) is 4.30. The van der Waals surface area contributed by atoms with Crippen LogP contribution in [0.3, 0.4) is 0 Å². The lowest BCUT2D eigenvalue weighted by molar-refractivity contribution is -0.117. The number of hydrogen-bond acceptors (Lipinski definition) is 1. The molecule has 18 heavy (non-hydrogen) atoms. The SMILES string of the molecule is Cc1cccc(C[C@@H]2C(=O)Nc3ccccc32)c1. The predicted octanol–water partition coefficient (Wildman–Crippen LogP) is 3.27. The maximum atomic E-state index is 12.0. The Morgan fingerprint density at radius 1 is 1.11 bits per heavy atom. The average molecular weight is 237 g/mol. The summed E-state index contributed by atoms with van der Waals surface area (Å²) in [5, 5.41) is 2.94. The Balaban J connectivity index is 1.91. The number of carbonyl (C=O) groups excluding carboxylic acids is 1. The van der Waals surface area contributed by atoms with Gasteiger partial charge in [0.2, 0.25) is 5.91 Å². The Morgan fingerprint density at radius 2 is 1.94 bits per heavy atom. The molecule has 0 saturated carbocycles. The third-order valence-electron chi connectivity index (χ3n) is 3.43. The number of nitrogens with one attached hydrogen (secondary N) is 1. The van der Waals surface area contributed by atoms with Gasteiger partial charge in [0.15, 0.2) is 0 Å². The van der Waals surface area contributed by atoms with E-state index in [1.165, 1.54) is 11.1 Å². The highest BCUT2D eigenvalue weighted by Crippen LogP contribution is 2.34. The van der Waals surface area contributed by atoms with Gasteiger partial charge in [-0.1, -0.05) is 48.0 Å². The van der Waals surface area contributed by atoms with Gasteiger partial charge in [-0.25, -0.2) is 0 Å². The van der Waals surface area contributed by atoms with Crippen molar-refractivity contribution in [1.82, 2.24) is 0 Å². The van der Waals surface area contributed by atoms with Crippen LogP contribution in [0, 0.1) is 6.92 Å². The molecule has 1 amide bonds. The van der Waals surface area contributed by atoms with Crippen LogP contribution < -0.4 is 5.32 Å². The highest BCUT2D eigenvalue weighted by Gasteiger charge is 2.29. The Morgan fingerprint density at radius 3 is 2.78 bits per heavy atom. The van der Waals surface area contributed by atoms with Gasteiger partial charge in [-0.05, 0) is 30.5 Å². The summed E-state index contributed by atoms with van der Waals surface area (Å²) in [4.78, 5) is 12.0. The zero-order chi connectivity index (χ0) is 12.5. The first-order chi connectivity index (χ1) is 8.74. The first-order valence-corrected chi connectivity index (χ1v) is 6.19. The summed E-state index contributed by atoms with van der Waals surface area (Å²) in [6.45, 7) is 2.08. The van der Waals surface area contributed by atoms with E-state index in [1.807, 2.05) is 30.3 Å². The minimum absolute atomic E-state index is 0.0528. The van der Waals surface area contributed by atoms with Crippen LogP contribution in [-0.4, -0.2) is 5.91 Å². The molecule has 0 bridgehead atoms. The van der Waals surface area contributed by atoms with E-state index in [1.54, 1.807) is 0 Å². The summed E-state index contributed by atoms with van der Waals surface area (Å²) in [7, 11) is 0. The molecule has 90 valence electrons. The highest BCUT2D eigenvalue weighted by molar-refractivity contribution is 6.03. The second-order valence-electron chi connectivity index (χ2n) is 4.82. The normalized spacial score (nSPS) is 17.4. The lowest BCUT2D eigenvalue weighted by atomic mass is 9.93. The van der Waals surface area contributed by atoms with Crippen LogP contribution in [0.1, 0.15) is 22.6 Å². The first kappa shape index (κ1) is 11.0. The van der Waals surface area contributed by atoms with E-state index in [9.17, 15) is 4.79 Å². The van der Waals surface area contributed by atoms with E-state index in [4.69, 9.17) is 0 Å². The summed E-state index contributed by atoms with van der Waals surface area (Å²) >= 11 is 0. The molecule has 3 rings (SSSR count). The van der Waals surface area contributed by atoms with Crippen molar-refractivity contribution in [2.45, 2.75) is 19.3 Å². The summed E-state index contributed by atoms with van der Waals surface area (Å²) < 4.78 is 0. The van der Waals surface area contributed by atoms with Crippen molar-refractivity contribution >= 4 is 11.6 Å². The van der Waals surface area contributed by atoms with Gasteiger partial charge in [0.05, 0.1) is 5.92 Å². The van der Waals surface area contributed by atoms with E-state index in [-0.39, 0.29) is 11.8 Å². The fourth-order valence-corrected chi connectivity index (χ4v) is 2.55. The zero-order valence-corrected chi connectivity index (χ0v) is 10.3. The fourth-order valence-electron chi connectivity index (χ4n) is 2.55. The highest BCUT2D eigenvalue weighted by atomic mass is 16.2. The van der Waals surface area contributed by atoms with E-state index in [2.05, 4.69) is 30.4 Å². The topological polar surface area (TPSA) is 29.1 Å². The molecule has 0 saturated heterocycles. The quantitative estimate of drug-likeness (QED) is 0.853. The Kier molecular flexibility index (Phi) is 2.63. The molecule has 2 heteroatoms. The van der Waals surface area contributed by atoms with E-state index >= 15 is 0 Å². The van der Waals surface area contributed by atoms with Crippen molar-refractivity contribution in [3.8, 4) is 0 Å². The van der Waals surface area contributed by atoms with Gasteiger partial charge in [-0.3, -0.25) is 4.79 Å². The number of benzene rings is 2. The van der Waals surface area contributed by atoms with Crippen LogP contribution >= 0.6 is 0 Å². The van der Waals surface area contributed by atoms with Crippen LogP contribution in [0.5, 0.6) is 0 Å². The Labute approximate surface area is 107 Å². The minimum Gasteiger partial charge on any atom is -0.325 e. The standard InChI is InChI=1S/C16H15NO/c1-11-5-4-6-12(9-11)10-14-13-7-2-3-8-15(13)17-16(14)18/h2-9,14H,10H2,1H3,(H,17,18)/t14-/m0/s1. The molecule has 2 aromatic rings. The van der Waals surface area contributed by atoms with Crippen LogP contribution in [0.25, 0.3) is 0 Å². The number of amides is 1. The predicted molar refractivity (Wildman–Crippen MR) is 72.7 cm³/mol. The molecule has 1 N–H and O–H groups in total. The van der Waals surface area contributed by atoms with Crippen molar-refractivity contribution in [3.05, 3.63) is 65.2 Å². The molecule has 1 aliphatic rings. The van der Waals surface area contributed by atoms with Gasteiger partial charge in [-0.15, -0.1) is 0 Å². The monoisotopic (exact) mass is 237 g/mol. The number of carbonyl (C=O) groups is 1. The molecule has 0 unspecified atom stereocenters. The first-order valence-electron chi connectivity index (χ1n) is 6.19. The maximum absolute atomic E-state index is 12.0. The average Bonchev–Trinajstić information content (AvgIpc) is 2.66.